The zero-order chi connectivity index (χ0) is 23.7. The van der Waals surface area contributed by atoms with Gasteiger partial charge in [-0.25, -0.2) is 0 Å². The van der Waals surface area contributed by atoms with Gasteiger partial charge in [-0.3, -0.25) is 4.79 Å². The number of unbranched alkanes of at least 4 members (excludes halogenated alkanes) is 16. The second-order valence-corrected chi connectivity index (χ2v) is 10.2. The van der Waals surface area contributed by atoms with Crippen molar-refractivity contribution in [1.82, 2.24) is 0 Å². The normalized spacial score (nSPS) is 13.2. The van der Waals surface area contributed by atoms with Crippen LogP contribution in [0, 0.1) is 11.8 Å². The van der Waals surface area contributed by atoms with E-state index in [4.69, 9.17) is 4.74 Å². The van der Waals surface area contributed by atoms with Crippen molar-refractivity contribution in [3.63, 3.8) is 0 Å². The average molecular weight is 453 g/mol. The molecule has 0 heterocycles. The van der Waals surface area contributed by atoms with Crippen molar-refractivity contribution in [2.45, 2.75) is 169 Å². The predicted octanol–water partition coefficient (Wildman–Crippen LogP) is 10.4. The lowest BCUT2D eigenvalue weighted by atomic mass is 9.97. The molecule has 0 aliphatic rings. The SMILES string of the molecule is CCCCCCCCCCCCCCC(CC)C(=O)OCC(CC)CCCCCCCC. The molecule has 2 heteroatoms. The quantitative estimate of drug-likeness (QED) is 0.102. The molecular formula is C30H60O2. The van der Waals surface area contributed by atoms with Crippen molar-refractivity contribution in [3.8, 4) is 0 Å². The van der Waals surface area contributed by atoms with Crippen molar-refractivity contribution in [2.75, 3.05) is 6.61 Å². The Hall–Kier alpha value is -0.530. The van der Waals surface area contributed by atoms with E-state index < -0.39 is 0 Å². The van der Waals surface area contributed by atoms with E-state index in [2.05, 4.69) is 27.7 Å². The highest BCUT2D eigenvalue weighted by molar-refractivity contribution is 5.72. The van der Waals surface area contributed by atoms with Crippen LogP contribution in [-0.2, 0) is 9.53 Å². The summed E-state index contributed by atoms with van der Waals surface area (Å²) in [5, 5.41) is 0. The molecule has 0 saturated carbocycles. The van der Waals surface area contributed by atoms with Gasteiger partial charge in [-0.1, -0.05) is 150 Å². The van der Waals surface area contributed by atoms with Gasteiger partial charge in [0, 0.05) is 0 Å². The summed E-state index contributed by atoms with van der Waals surface area (Å²) >= 11 is 0. The van der Waals surface area contributed by atoms with Crippen LogP contribution in [0.1, 0.15) is 169 Å². The molecule has 2 nitrogen and oxygen atoms in total. The van der Waals surface area contributed by atoms with E-state index in [-0.39, 0.29) is 11.9 Å². The van der Waals surface area contributed by atoms with E-state index in [1.54, 1.807) is 0 Å². The molecular weight excluding hydrogens is 392 g/mol. The summed E-state index contributed by atoms with van der Waals surface area (Å²) in [7, 11) is 0. The Balaban J connectivity index is 3.71. The first kappa shape index (κ1) is 31.5. The van der Waals surface area contributed by atoms with Crippen molar-refractivity contribution in [3.05, 3.63) is 0 Å². The molecule has 2 atom stereocenters. The van der Waals surface area contributed by atoms with E-state index in [1.165, 1.54) is 122 Å². The van der Waals surface area contributed by atoms with Gasteiger partial charge >= 0.3 is 5.97 Å². The van der Waals surface area contributed by atoms with Crippen LogP contribution in [0.15, 0.2) is 0 Å². The summed E-state index contributed by atoms with van der Waals surface area (Å²) in [6.07, 6.45) is 28.7. The van der Waals surface area contributed by atoms with Gasteiger partial charge in [-0.15, -0.1) is 0 Å². The third-order valence-corrected chi connectivity index (χ3v) is 7.24. The van der Waals surface area contributed by atoms with Crippen molar-refractivity contribution in [2.24, 2.45) is 11.8 Å². The number of hydrogen-bond donors (Lipinski definition) is 0. The minimum absolute atomic E-state index is 0.0666. The first-order valence-electron chi connectivity index (χ1n) is 14.9. The number of carbonyl (C=O) groups is 1. The second-order valence-electron chi connectivity index (χ2n) is 10.2. The molecule has 0 rings (SSSR count). The summed E-state index contributed by atoms with van der Waals surface area (Å²) in [6, 6.07) is 0. The van der Waals surface area contributed by atoms with Crippen LogP contribution in [-0.4, -0.2) is 12.6 Å². The Bertz CT molecular complexity index is 379. The molecule has 0 N–H and O–H groups in total. The fourth-order valence-electron chi connectivity index (χ4n) is 4.66. The van der Waals surface area contributed by atoms with Crippen LogP contribution >= 0.6 is 0 Å². The maximum atomic E-state index is 12.6. The third-order valence-electron chi connectivity index (χ3n) is 7.24. The summed E-state index contributed by atoms with van der Waals surface area (Å²) in [4.78, 5) is 12.6. The minimum atomic E-state index is 0.0666. The second kappa shape index (κ2) is 25.1. The zero-order valence-electron chi connectivity index (χ0n) is 22.7. The fraction of sp³-hybridized carbons (Fsp3) is 0.967. The highest BCUT2D eigenvalue weighted by atomic mass is 16.5. The Labute approximate surface area is 203 Å². The Morgan fingerprint density at radius 1 is 0.531 bits per heavy atom. The number of esters is 1. The van der Waals surface area contributed by atoms with E-state index in [9.17, 15) is 4.79 Å². The Kier molecular flexibility index (Phi) is 24.7. The minimum Gasteiger partial charge on any atom is -0.465 e. The monoisotopic (exact) mass is 452 g/mol. The van der Waals surface area contributed by atoms with Gasteiger partial charge in [0.2, 0.25) is 0 Å². The van der Waals surface area contributed by atoms with Gasteiger partial charge in [0.15, 0.2) is 0 Å². The largest absolute Gasteiger partial charge is 0.465 e. The first-order chi connectivity index (χ1) is 15.7. The van der Waals surface area contributed by atoms with Crippen LogP contribution in [0.5, 0.6) is 0 Å². The highest BCUT2D eigenvalue weighted by Gasteiger charge is 2.19. The molecule has 2 unspecified atom stereocenters. The van der Waals surface area contributed by atoms with E-state index in [0.29, 0.717) is 12.5 Å². The molecule has 0 aromatic heterocycles. The maximum Gasteiger partial charge on any atom is 0.308 e. The molecule has 0 aliphatic heterocycles. The molecule has 0 bridgehead atoms. The molecule has 192 valence electrons. The van der Waals surface area contributed by atoms with E-state index in [0.717, 1.165) is 19.3 Å². The average Bonchev–Trinajstić information content (AvgIpc) is 2.81. The third kappa shape index (κ3) is 20.1. The van der Waals surface area contributed by atoms with Crippen LogP contribution < -0.4 is 0 Å². The standard InChI is InChI=1S/C30H60O2/c1-5-9-11-13-15-16-17-18-19-20-22-24-26-29(8-4)30(31)32-27-28(7-3)25-23-21-14-12-10-6-2/h28-29H,5-27H2,1-4H3. The molecule has 0 aromatic carbocycles. The lowest BCUT2D eigenvalue weighted by molar-refractivity contribution is -0.150. The Morgan fingerprint density at radius 2 is 0.938 bits per heavy atom. The number of hydrogen-bond acceptors (Lipinski definition) is 2. The summed E-state index contributed by atoms with van der Waals surface area (Å²) in [5.41, 5.74) is 0. The number of ether oxygens (including phenoxy) is 1. The van der Waals surface area contributed by atoms with Crippen molar-refractivity contribution < 1.29 is 9.53 Å². The van der Waals surface area contributed by atoms with Crippen LogP contribution in [0.3, 0.4) is 0 Å². The maximum absolute atomic E-state index is 12.6. The van der Waals surface area contributed by atoms with Crippen molar-refractivity contribution in [1.29, 1.82) is 0 Å². The molecule has 0 radical (unpaired) electrons. The van der Waals surface area contributed by atoms with E-state index in [1.807, 2.05) is 0 Å². The van der Waals surface area contributed by atoms with Gasteiger partial charge in [0.25, 0.3) is 0 Å². The predicted molar refractivity (Wildman–Crippen MR) is 142 cm³/mol. The summed E-state index contributed by atoms with van der Waals surface area (Å²) in [6.45, 7) is 9.56. The summed E-state index contributed by atoms with van der Waals surface area (Å²) in [5.74, 6) is 0.732. The lowest BCUT2D eigenvalue weighted by Gasteiger charge is -2.18. The Morgan fingerprint density at radius 3 is 1.34 bits per heavy atom. The lowest BCUT2D eigenvalue weighted by Crippen LogP contribution is -2.21. The molecule has 0 spiro atoms. The van der Waals surface area contributed by atoms with Gasteiger partial charge in [-0.2, -0.15) is 0 Å². The van der Waals surface area contributed by atoms with Crippen LogP contribution in [0.4, 0.5) is 0 Å². The van der Waals surface area contributed by atoms with Crippen LogP contribution in [0.25, 0.3) is 0 Å². The van der Waals surface area contributed by atoms with Gasteiger partial charge in [0.1, 0.15) is 0 Å². The molecule has 0 aliphatic carbocycles. The number of carbonyl (C=O) groups excluding carboxylic acids is 1. The molecule has 0 saturated heterocycles. The topological polar surface area (TPSA) is 26.3 Å². The highest BCUT2D eigenvalue weighted by Crippen LogP contribution is 2.20. The first-order valence-corrected chi connectivity index (χ1v) is 14.9. The summed E-state index contributed by atoms with van der Waals surface area (Å²) < 4.78 is 5.76. The molecule has 0 amide bonds. The van der Waals surface area contributed by atoms with Gasteiger partial charge in [0.05, 0.1) is 12.5 Å². The van der Waals surface area contributed by atoms with Gasteiger partial charge < -0.3 is 4.74 Å². The molecule has 0 fully saturated rings. The van der Waals surface area contributed by atoms with Crippen molar-refractivity contribution >= 4 is 5.97 Å². The van der Waals surface area contributed by atoms with Crippen LogP contribution in [0.2, 0.25) is 0 Å². The molecule has 32 heavy (non-hydrogen) atoms. The smallest absolute Gasteiger partial charge is 0.308 e. The van der Waals surface area contributed by atoms with Gasteiger partial charge in [-0.05, 0) is 25.2 Å². The number of rotatable bonds is 25. The zero-order valence-corrected chi connectivity index (χ0v) is 22.7. The van der Waals surface area contributed by atoms with E-state index >= 15 is 0 Å². The fourth-order valence-corrected chi connectivity index (χ4v) is 4.66. The molecule has 0 aromatic rings.